The molecule has 0 aliphatic carbocycles. The first-order valence-corrected chi connectivity index (χ1v) is 5.90. The molecule has 20 heavy (non-hydrogen) atoms. The Kier molecular flexibility index (Phi) is 4.66. The predicted octanol–water partition coefficient (Wildman–Crippen LogP) is 2.50. The van der Waals surface area contributed by atoms with Crippen molar-refractivity contribution in [1.29, 1.82) is 0 Å². The third-order valence-corrected chi connectivity index (χ3v) is 2.21. The first-order chi connectivity index (χ1) is 9.75. The van der Waals surface area contributed by atoms with Gasteiger partial charge in [-0.1, -0.05) is 18.2 Å². The quantitative estimate of drug-likeness (QED) is 0.572. The fraction of sp³-hybridized carbons (Fsp3) is 0.0714. The number of rotatable bonds is 2. The van der Waals surface area contributed by atoms with Crippen molar-refractivity contribution in [2.45, 2.75) is 6.92 Å². The second-order valence-electron chi connectivity index (χ2n) is 3.78. The molecule has 3 aromatic rings. The van der Waals surface area contributed by atoms with Gasteiger partial charge in [0.1, 0.15) is 5.52 Å². The second-order valence-corrected chi connectivity index (χ2v) is 3.78. The summed E-state index contributed by atoms with van der Waals surface area (Å²) >= 11 is 0. The molecule has 2 aromatic heterocycles. The van der Waals surface area contributed by atoms with Crippen LogP contribution in [-0.4, -0.2) is 21.2 Å². The monoisotopic (exact) mass is 271 g/mol. The van der Waals surface area contributed by atoms with E-state index >= 15 is 0 Å². The summed E-state index contributed by atoms with van der Waals surface area (Å²) < 4.78 is 0. The van der Waals surface area contributed by atoms with E-state index in [1.165, 1.54) is 6.92 Å². The summed E-state index contributed by atoms with van der Waals surface area (Å²) in [5.41, 5.74) is 1.90. The Morgan fingerprint density at radius 1 is 1.15 bits per heavy atom. The first kappa shape index (κ1) is 13.5. The van der Waals surface area contributed by atoms with Crippen molar-refractivity contribution in [1.82, 2.24) is 15.2 Å². The molecule has 6 nitrogen and oxygen atoms in total. The highest BCUT2D eigenvalue weighted by molar-refractivity contribution is 5.72. The molecule has 0 aliphatic rings. The number of aromatic amines is 1. The Labute approximate surface area is 115 Å². The zero-order chi connectivity index (χ0) is 14.2. The van der Waals surface area contributed by atoms with Gasteiger partial charge in [-0.25, -0.2) is 4.79 Å². The predicted molar refractivity (Wildman–Crippen MR) is 72.7 cm³/mol. The molecule has 102 valence electrons. The SMILES string of the molecule is CC(=O)OOc1ccccc1.c1cnc2cn[nH]c2c1. The molecule has 1 N–H and O–H groups in total. The zero-order valence-electron chi connectivity index (χ0n) is 10.8. The van der Waals surface area contributed by atoms with Crippen molar-refractivity contribution in [3.8, 4) is 5.75 Å². The van der Waals surface area contributed by atoms with E-state index in [1.54, 1.807) is 36.7 Å². The molecule has 6 heteroatoms. The summed E-state index contributed by atoms with van der Waals surface area (Å²) in [6.45, 7) is 1.28. The Morgan fingerprint density at radius 3 is 2.65 bits per heavy atom. The lowest BCUT2D eigenvalue weighted by Crippen LogP contribution is -2.02. The van der Waals surface area contributed by atoms with Crippen LogP contribution in [0, 0.1) is 0 Å². The summed E-state index contributed by atoms with van der Waals surface area (Å²) in [5.74, 6) is 0.0524. The van der Waals surface area contributed by atoms with Gasteiger partial charge in [-0.2, -0.15) is 5.10 Å². The number of H-pyrrole nitrogens is 1. The molecule has 0 spiro atoms. The van der Waals surface area contributed by atoms with Crippen LogP contribution in [0.3, 0.4) is 0 Å². The minimum Gasteiger partial charge on any atom is -0.287 e. The number of benzene rings is 1. The summed E-state index contributed by atoms with van der Waals surface area (Å²) in [6, 6.07) is 12.6. The Morgan fingerprint density at radius 2 is 1.95 bits per heavy atom. The van der Waals surface area contributed by atoms with Gasteiger partial charge in [0.15, 0.2) is 5.75 Å². The van der Waals surface area contributed by atoms with Gasteiger partial charge in [0.05, 0.1) is 11.7 Å². The van der Waals surface area contributed by atoms with Crippen molar-refractivity contribution in [2.24, 2.45) is 0 Å². The van der Waals surface area contributed by atoms with Gasteiger partial charge in [-0.15, -0.1) is 0 Å². The van der Waals surface area contributed by atoms with Crippen LogP contribution in [0.25, 0.3) is 11.0 Å². The number of pyridine rings is 1. The van der Waals surface area contributed by atoms with Crippen LogP contribution in [0.1, 0.15) is 6.92 Å². The van der Waals surface area contributed by atoms with Crippen LogP contribution >= 0.6 is 0 Å². The first-order valence-electron chi connectivity index (χ1n) is 5.90. The van der Waals surface area contributed by atoms with Gasteiger partial charge >= 0.3 is 5.97 Å². The molecule has 0 amide bonds. The standard InChI is InChI=1S/C8H8O3.C6H5N3/c1-7(9)10-11-8-5-3-2-4-6-8;1-2-5-6(7-3-1)4-8-9-5/h2-6H,1H3;1-4H,(H,8,9). The van der Waals surface area contributed by atoms with Crippen LogP contribution in [0.4, 0.5) is 0 Å². The van der Waals surface area contributed by atoms with Gasteiger partial charge in [-0.05, 0) is 24.3 Å². The molecule has 0 atom stereocenters. The van der Waals surface area contributed by atoms with Gasteiger partial charge < -0.3 is 0 Å². The van der Waals surface area contributed by atoms with Crippen molar-refractivity contribution in [3.63, 3.8) is 0 Å². The van der Waals surface area contributed by atoms with E-state index < -0.39 is 5.97 Å². The maximum absolute atomic E-state index is 10.3. The molecule has 0 fully saturated rings. The van der Waals surface area contributed by atoms with Crippen LogP contribution in [0.2, 0.25) is 0 Å². The highest BCUT2D eigenvalue weighted by Crippen LogP contribution is 2.08. The maximum Gasteiger partial charge on any atom is 0.352 e. The number of carbonyl (C=O) groups is 1. The van der Waals surface area contributed by atoms with Gasteiger partial charge in [0.2, 0.25) is 0 Å². The van der Waals surface area contributed by atoms with E-state index in [4.69, 9.17) is 0 Å². The molecular weight excluding hydrogens is 258 g/mol. The third kappa shape index (κ3) is 4.09. The van der Waals surface area contributed by atoms with Crippen LogP contribution in [-0.2, 0) is 9.68 Å². The molecule has 0 aliphatic heterocycles. The summed E-state index contributed by atoms with van der Waals surface area (Å²) in [6.07, 6.45) is 3.45. The van der Waals surface area contributed by atoms with E-state index in [0.29, 0.717) is 5.75 Å². The number of hydrogen-bond donors (Lipinski definition) is 1. The lowest BCUT2D eigenvalue weighted by atomic mass is 10.3. The van der Waals surface area contributed by atoms with Gasteiger partial charge in [0, 0.05) is 13.1 Å². The van der Waals surface area contributed by atoms with Gasteiger partial charge in [0.25, 0.3) is 0 Å². The fourth-order valence-corrected chi connectivity index (χ4v) is 1.36. The molecule has 0 radical (unpaired) electrons. The van der Waals surface area contributed by atoms with E-state index in [1.807, 2.05) is 18.2 Å². The molecule has 0 bridgehead atoms. The number of nitrogens with one attached hydrogen (secondary N) is 1. The van der Waals surface area contributed by atoms with E-state index in [2.05, 4.69) is 25.0 Å². The number of aromatic nitrogens is 3. The average molecular weight is 271 g/mol. The van der Waals surface area contributed by atoms with Crippen molar-refractivity contribution in [2.75, 3.05) is 0 Å². The van der Waals surface area contributed by atoms with E-state index in [-0.39, 0.29) is 0 Å². The zero-order valence-corrected chi connectivity index (χ0v) is 10.8. The second kappa shape index (κ2) is 6.89. The highest BCUT2D eigenvalue weighted by atomic mass is 17.2. The summed E-state index contributed by atoms with van der Waals surface area (Å²) in [5, 5.41) is 6.62. The van der Waals surface area contributed by atoms with E-state index in [9.17, 15) is 4.79 Å². The summed E-state index contributed by atoms with van der Waals surface area (Å²) in [4.78, 5) is 23.2. The normalized spacial score (nSPS) is 9.45. The molecule has 2 heterocycles. The van der Waals surface area contributed by atoms with Crippen LogP contribution in [0.15, 0.2) is 54.9 Å². The number of carbonyl (C=O) groups excluding carboxylic acids is 1. The molecule has 0 saturated carbocycles. The largest absolute Gasteiger partial charge is 0.352 e. The number of para-hydroxylation sites is 1. The number of hydrogen-bond acceptors (Lipinski definition) is 5. The van der Waals surface area contributed by atoms with Crippen molar-refractivity contribution in [3.05, 3.63) is 54.9 Å². The molecular formula is C14H13N3O3. The van der Waals surface area contributed by atoms with Gasteiger partial charge in [-0.3, -0.25) is 19.9 Å². The Bertz CT molecular complexity index is 637. The van der Waals surface area contributed by atoms with E-state index in [0.717, 1.165) is 11.0 Å². The number of nitrogens with zero attached hydrogens (tertiary/aromatic N) is 2. The van der Waals surface area contributed by atoms with Crippen LogP contribution < -0.4 is 4.89 Å². The topological polar surface area (TPSA) is 77.1 Å². The number of fused-ring (bicyclic) bond motifs is 1. The Balaban J connectivity index is 0.000000149. The van der Waals surface area contributed by atoms with Crippen molar-refractivity contribution >= 4 is 17.0 Å². The lowest BCUT2D eigenvalue weighted by Gasteiger charge is -1.99. The summed E-state index contributed by atoms with van der Waals surface area (Å²) in [7, 11) is 0. The van der Waals surface area contributed by atoms with Crippen LogP contribution in [0.5, 0.6) is 5.75 Å². The Hall–Kier alpha value is -2.89. The molecule has 1 aromatic carbocycles. The smallest absolute Gasteiger partial charge is 0.287 e. The molecule has 0 saturated heterocycles. The molecule has 3 rings (SSSR count). The third-order valence-electron chi connectivity index (χ3n) is 2.21. The highest BCUT2D eigenvalue weighted by Gasteiger charge is 1.94. The lowest BCUT2D eigenvalue weighted by molar-refractivity contribution is -0.210. The maximum atomic E-state index is 10.3. The molecule has 0 unspecified atom stereocenters. The minimum atomic E-state index is -0.464. The van der Waals surface area contributed by atoms with Crippen molar-refractivity contribution < 1.29 is 14.6 Å². The minimum absolute atomic E-state index is 0.464. The fourth-order valence-electron chi connectivity index (χ4n) is 1.36. The average Bonchev–Trinajstić information content (AvgIpc) is 2.95.